The van der Waals surface area contributed by atoms with E-state index in [1.165, 1.54) is 0 Å². The van der Waals surface area contributed by atoms with E-state index in [2.05, 4.69) is 19.2 Å². The van der Waals surface area contributed by atoms with Gasteiger partial charge in [-0.25, -0.2) is 0 Å². The topological polar surface area (TPSA) is 41.5 Å². The van der Waals surface area contributed by atoms with Gasteiger partial charge in [0.1, 0.15) is 0 Å². The first kappa shape index (κ1) is 14.9. The molecule has 0 unspecified atom stereocenters. The molecule has 15 heavy (non-hydrogen) atoms. The Balaban J connectivity index is 3.54. The SMILES string of the molecule is CCC(CC)(CO)CNCCCCOC. The second-order valence-electron chi connectivity index (χ2n) is 4.24. The van der Waals surface area contributed by atoms with Gasteiger partial charge in [-0.1, -0.05) is 13.8 Å². The molecule has 0 aliphatic rings. The van der Waals surface area contributed by atoms with E-state index in [9.17, 15) is 5.11 Å². The lowest BCUT2D eigenvalue weighted by Crippen LogP contribution is -2.36. The van der Waals surface area contributed by atoms with Crippen LogP contribution in [0.2, 0.25) is 0 Å². The molecule has 0 aromatic carbocycles. The summed E-state index contributed by atoms with van der Waals surface area (Å²) in [4.78, 5) is 0. The number of hydrogen-bond acceptors (Lipinski definition) is 3. The van der Waals surface area contributed by atoms with Crippen molar-refractivity contribution < 1.29 is 9.84 Å². The van der Waals surface area contributed by atoms with Crippen molar-refractivity contribution in [3.8, 4) is 0 Å². The molecule has 0 saturated heterocycles. The van der Waals surface area contributed by atoms with Crippen LogP contribution in [-0.4, -0.2) is 38.5 Å². The summed E-state index contributed by atoms with van der Waals surface area (Å²) >= 11 is 0. The number of aliphatic hydroxyl groups excluding tert-OH is 1. The molecular formula is C12H27NO2. The van der Waals surface area contributed by atoms with Gasteiger partial charge in [-0.05, 0) is 32.2 Å². The van der Waals surface area contributed by atoms with Crippen molar-refractivity contribution in [2.24, 2.45) is 5.41 Å². The van der Waals surface area contributed by atoms with Gasteiger partial charge in [0.15, 0.2) is 0 Å². The van der Waals surface area contributed by atoms with Gasteiger partial charge in [0.2, 0.25) is 0 Å². The summed E-state index contributed by atoms with van der Waals surface area (Å²) in [6.45, 7) is 7.35. The van der Waals surface area contributed by atoms with E-state index >= 15 is 0 Å². The summed E-state index contributed by atoms with van der Waals surface area (Å²) in [6.07, 6.45) is 4.31. The van der Waals surface area contributed by atoms with E-state index in [1.54, 1.807) is 7.11 Å². The van der Waals surface area contributed by atoms with Crippen molar-refractivity contribution in [2.75, 3.05) is 33.4 Å². The van der Waals surface area contributed by atoms with Crippen molar-refractivity contribution in [3.05, 3.63) is 0 Å². The van der Waals surface area contributed by atoms with Gasteiger partial charge < -0.3 is 15.2 Å². The van der Waals surface area contributed by atoms with Gasteiger partial charge in [-0.2, -0.15) is 0 Å². The Morgan fingerprint density at radius 2 is 1.87 bits per heavy atom. The third kappa shape index (κ3) is 6.13. The Morgan fingerprint density at radius 3 is 2.33 bits per heavy atom. The van der Waals surface area contributed by atoms with E-state index in [0.29, 0.717) is 0 Å². The van der Waals surface area contributed by atoms with Gasteiger partial charge in [-0.3, -0.25) is 0 Å². The van der Waals surface area contributed by atoms with Crippen LogP contribution in [0.1, 0.15) is 39.5 Å². The zero-order chi connectivity index (χ0) is 11.6. The van der Waals surface area contributed by atoms with Gasteiger partial charge in [0.25, 0.3) is 0 Å². The Morgan fingerprint density at radius 1 is 1.20 bits per heavy atom. The summed E-state index contributed by atoms with van der Waals surface area (Å²) < 4.78 is 4.99. The molecule has 0 aromatic rings. The minimum Gasteiger partial charge on any atom is -0.396 e. The highest BCUT2D eigenvalue weighted by Crippen LogP contribution is 2.24. The Labute approximate surface area is 94.2 Å². The fourth-order valence-corrected chi connectivity index (χ4v) is 1.63. The summed E-state index contributed by atoms with van der Waals surface area (Å²) in [5.74, 6) is 0. The predicted molar refractivity (Wildman–Crippen MR) is 64.1 cm³/mol. The lowest BCUT2D eigenvalue weighted by atomic mass is 9.83. The summed E-state index contributed by atoms with van der Waals surface area (Å²) in [7, 11) is 1.73. The van der Waals surface area contributed by atoms with Crippen LogP contribution in [0.25, 0.3) is 0 Å². The minimum absolute atomic E-state index is 0.0846. The van der Waals surface area contributed by atoms with Crippen LogP contribution < -0.4 is 5.32 Å². The first-order chi connectivity index (χ1) is 7.24. The molecule has 0 aliphatic carbocycles. The first-order valence-corrected chi connectivity index (χ1v) is 6.05. The lowest BCUT2D eigenvalue weighted by Gasteiger charge is -2.29. The monoisotopic (exact) mass is 217 g/mol. The highest BCUT2D eigenvalue weighted by Gasteiger charge is 2.24. The summed E-state index contributed by atoms with van der Waals surface area (Å²) in [6, 6.07) is 0. The number of aliphatic hydroxyl groups is 1. The molecular weight excluding hydrogens is 190 g/mol. The van der Waals surface area contributed by atoms with Gasteiger partial charge in [0.05, 0.1) is 0 Å². The molecule has 0 radical (unpaired) electrons. The van der Waals surface area contributed by atoms with Crippen LogP contribution in [0, 0.1) is 5.41 Å². The minimum atomic E-state index is 0.0846. The fraction of sp³-hybridized carbons (Fsp3) is 1.00. The van der Waals surface area contributed by atoms with Crippen LogP contribution in [0.15, 0.2) is 0 Å². The molecule has 0 heterocycles. The van der Waals surface area contributed by atoms with E-state index in [-0.39, 0.29) is 12.0 Å². The Kier molecular flexibility index (Phi) is 9.06. The van der Waals surface area contributed by atoms with E-state index in [4.69, 9.17) is 4.74 Å². The third-order valence-corrected chi connectivity index (χ3v) is 3.29. The second-order valence-corrected chi connectivity index (χ2v) is 4.24. The maximum atomic E-state index is 9.36. The molecule has 3 nitrogen and oxygen atoms in total. The zero-order valence-corrected chi connectivity index (χ0v) is 10.5. The van der Waals surface area contributed by atoms with E-state index < -0.39 is 0 Å². The molecule has 0 atom stereocenters. The Hall–Kier alpha value is -0.120. The average Bonchev–Trinajstić information content (AvgIpc) is 2.29. The largest absolute Gasteiger partial charge is 0.396 e. The van der Waals surface area contributed by atoms with Gasteiger partial charge in [0, 0.05) is 32.3 Å². The quantitative estimate of drug-likeness (QED) is 0.548. The first-order valence-electron chi connectivity index (χ1n) is 6.05. The number of unbranched alkanes of at least 4 members (excludes halogenated alkanes) is 1. The summed E-state index contributed by atoms with van der Waals surface area (Å²) in [5, 5.41) is 12.8. The fourth-order valence-electron chi connectivity index (χ4n) is 1.63. The lowest BCUT2D eigenvalue weighted by molar-refractivity contribution is 0.113. The van der Waals surface area contributed by atoms with Crippen molar-refractivity contribution in [1.29, 1.82) is 0 Å². The smallest absolute Gasteiger partial charge is 0.0499 e. The second kappa shape index (κ2) is 9.13. The summed E-state index contributed by atoms with van der Waals surface area (Å²) in [5.41, 5.74) is 0.0846. The Bertz CT molecular complexity index is 127. The van der Waals surface area contributed by atoms with Crippen molar-refractivity contribution in [1.82, 2.24) is 5.32 Å². The molecule has 0 saturated carbocycles. The molecule has 0 aromatic heterocycles. The van der Waals surface area contributed by atoms with Crippen molar-refractivity contribution in [2.45, 2.75) is 39.5 Å². The number of hydrogen-bond donors (Lipinski definition) is 2. The van der Waals surface area contributed by atoms with E-state index in [1.807, 2.05) is 0 Å². The highest BCUT2D eigenvalue weighted by molar-refractivity contribution is 4.77. The molecule has 0 fully saturated rings. The maximum absolute atomic E-state index is 9.36. The highest BCUT2D eigenvalue weighted by atomic mass is 16.5. The number of ether oxygens (including phenoxy) is 1. The molecule has 2 N–H and O–H groups in total. The van der Waals surface area contributed by atoms with Crippen LogP contribution in [0.4, 0.5) is 0 Å². The van der Waals surface area contributed by atoms with Crippen LogP contribution in [0.5, 0.6) is 0 Å². The molecule has 3 heteroatoms. The number of methoxy groups -OCH3 is 1. The molecule has 0 amide bonds. The molecule has 92 valence electrons. The van der Waals surface area contributed by atoms with Gasteiger partial charge >= 0.3 is 0 Å². The van der Waals surface area contributed by atoms with Gasteiger partial charge in [-0.15, -0.1) is 0 Å². The molecule has 0 bridgehead atoms. The standard InChI is InChI=1S/C12H27NO2/c1-4-12(5-2,11-14)10-13-8-6-7-9-15-3/h13-14H,4-11H2,1-3H3. The number of nitrogens with one attached hydrogen (secondary N) is 1. The third-order valence-electron chi connectivity index (χ3n) is 3.29. The van der Waals surface area contributed by atoms with Crippen LogP contribution >= 0.6 is 0 Å². The molecule has 0 rings (SSSR count). The van der Waals surface area contributed by atoms with E-state index in [0.717, 1.165) is 45.4 Å². The maximum Gasteiger partial charge on any atom is 0.0499 e. The van der Waals surface area contributed by atoms with Crippen molar-refractivity contribution in [3.63, 3.8) is 0 Å². The van der Waals surface area contributed by atoms with Crippen LogP contribution in [-0.2, 0) is 4.74 Å². The zero-order valence-electron chi connectivity index (χ0n) is 10.5. The van der Waals surface area contributed by atoms with Crippen molar-refractivity contribution >= 4 is 0 Å². The van der Waals surface area contributed by atoms with Crippen LogP contribution in [0.3, 0.4) is 0 Å². The molecule has 0 spiro atoms. The average molecular weight is 217 g/mol. The normalized spacial score (nSPS) is 12.0. The number of rotatable bonds is 10. The molecule has 0 aliphatic heterocycles. The predicted octanol–water partition coefficient (Wildman–Crippen LogP) is 1.80.